The van der Waals surface area contributed by atoms with Crippen LogP contribution in [0, 0.1) is 6.92 Å². The highest BCUT2D eigenvalue weighted by Crippen LogP contribution is 2.32. The van der Waals surface area contributed by atoms with Gasteiger partial charge in [-0.3, -0.25) is 4.79 Å². The van der Waals surface area contributed by atoms with Crippen LogP contribution in [-0.2, 0) is 4.74 Å². The highest BCUT2D eigenvalue weighted by molar-refractivity contribution is 6.31. The van der Waals surface area contributed by atoms with Crippen molar-refractivity contribution >= 4 is 23.6 Å². The highest BCUT2D eigenvalue weighted by atomic mass is 35.5. The normalized spacial score (nSPS) is 17.2. The molecule has 3 rings (SSSR count). The fraction of sp³-hybridized carbons (Fsp3) is 0.429. The van der Waals surface area contributed by atoms with Crippen LogP contribution in [0.3, 0.4) is 0 Å². The summed E-state index contributed by atoms with van der Waals surface area (Å²) in [5.41, 5.74) is 0.504. The van der Waals surface area contributed by atoms with Crippen molar-refractivity contribution in [1.29, 1.82) is 0 Å². The zero-order valence-corrected chi connectivity index (χ0v) is 17.8. The van der Waals surface area contributed by atoms with Crippen molar-refractivity contribution in [2.24, 2.45) is 0 Å². The van der Waals surface area contributed by atoms with Crippen LogP contribution in [0.15, 0.2) is 36.5 Å². The van der Waals surface area contributed by atoms with E-state index in [0.29, 0.717) is 29.6 Å². The predicted molar refractivity (Wildman–Crippen MR) is 110 cm³/mol. The van der Waals surface area contributed by atoms with Crippen LogP contribution in [0.2, 0.25) is 5.02 Å². The lowest BCUT2D eigenvalue weighted by Gasteiger charge is -2.42. The molecule has 0 unspecified atom stereocenters. The fourth-order valence-corrected chi connectivity index (χ4v) is 3.51. The predicted octanol–water partition coefficient (Wildman–Crippen LogP) is 3.87. The summed E-state index contributed by atoms with van der Waals surface area (Å²) in [6.45, 7) is 8.22. The molecule has 7 nitrogen and oxygen atoms in total. The van der Waals surface area contributed by atoms with Crippen molar-refractivity contribution in [2.45, 2.75) is 39.3 Å². The molecule has 1 aromatic heterocycles. The molecule has 154 valence electrons. The monoisotopic (exact) mass is 416 g/mol. The first kappa shape index (κ1) is 21.0. The van der Waals surface area contributed by atoms with E-state index in [2.05, 4.69) is 9.97 Å². The van der Waals surface area contributed by atoms with Crippen LogP contribution in [0.4, 0.5) is 4.79 Å². The van der Waals surface area contributed by atoms with Gasteiger partial charge in [-0.2, -0.15) is 0 Å². The summed E-state index contributed by atoms with van der Waals surface area (Å²) in [4.78, 5) is 37.5. The van der Waals surface area contributed by atoms with Crippen molar-refractivity contribution < 1.29 is 14.3 Å². The van der Waals surface area contributed by atoms with Crippen molar-refractivity contribution in [1.82, 2.24) is 19.8 Å². The summed E-state index contributed by atoms with van der Waals surface area (Å²) < 4.78 is 5.52. The number of hydrogen-bond donors (Lipinski definition) is 0. The van der Waals surface area contributed by atoms with Crippen molar-refractivity contribution in [3.8, 4) is 0 Å². The van der Waals surface area contributed by atoms with E-state index < -0.39 is 17.7 Å². The van der Waals surface area contributed by atoms with Gasteiger partial charge in [-0.05, 0) is 45.4 Å². The van der Waals surface area contributed by atoms with Crippen molar-refractivity contribution in [3.05, 3.63) is 58.6 Å². The second kappa shape index (κ2) is 8.37. The lowest BCUT2D eigenvalue weighted by molar-refractivity contribution is 0.00396. The molecule has 29 heavy (non-hydrogen) atoms. The van der Waals surface area contributed by atoms with Crippen LogP contribution >= 0.6 is 11.6 Å². The fourth-order valence-electron chi connectivity index (χ4n) is 3.25. The third-order valence-corrected chi connectivity index (χ3v) is 4.90. The summed E-state index contributed by atoms with van der Waals surface area (Å²) in [7, 11) is 0. The minimum absolute atomic E-state index is 0.218. The van der Waals surface area contributed by atoms with E-state index in [4.69, 9.17) is 16.3 Å². The van der Waals surface area contributed by atoms with E-state index in [0.717, 1.165) is 5.56 Å². The molecule has 1 aromatic carbocycles. The smallest absolute Gasteiger partial charge is 0.410 e. The second-order valence-corrected chi connectivity index (χ2v) is 8.36. The number of ether oxygens (including phenoxy) is 1. The first-order valence-electron chi connectivity index (χ1n) is 9.48. The Labute approximate surface area is 175 Å². The number of halogens is 1. The largest absolute Gasteiger partial charge is 0.444 e. The molecule has 0 aliphatic carbocycles. The van der Waals surface area contributed by atoms with Gasteiger partial charge in [0.05, 0.1) is 6.04 Å². The van der Waals surface area contributed by atoms with E-state index in [1.54, 1.807) is 35.1 Å². The van der Waals surface area contributed by atoms with Crippen LogP contribution in [-0.4, -0.2) is 57.0 Å². The molecule has 1 aliphatic heterocycles. The second-order valence-electron chi connectivity index (χ2n) is 7.95. The molecular formula is C21H25ClN4O3. The highest BCUT2D eigenvalue weighted by Gasteiger charge is 2.36. The molecular weight excluding hydrogens is 392 g/mol. The van der Waals surface area contributed by atoms with E-state index in [9.17, 15) is 9.59 Å². The standard InChI is InChI=1S/C21H25ClN4O3/c1-14-23-10-9-17(24-14)19(27)26-12-11-25(20(28)29-21(2,3)4)13-18(26)15-7-5-6-8-16(15)22/h5-10,18H,11-13H2,1-4H3/t18-/m0/s1. The van der Waals surface area contributed by atoms with Gasteiger partial charge in [0.2, 0.25) is 0 Å². The number of aromatic nitrogens is 2. The molecule has 0 saturated carbocycles. The Kier molecular flexibility index (Phi) is 6.07. The van der Waals surface area contributed by atoms with Crippen LogP contribution in [0.25, 0.3) is 0 Å². The van der Waals surface area contributed by atoms with E-state index in [1.807, 2.05) is 39.0 Å². The molecule has 0 spiro atoms. The number of benzene rings is 1. The lowest BCUT2D eigenvalue weighted by Crippen LogP contribution is -2.53. The Morgan fingerprint density at radius 3 is 2.55 bits per heavy atom. The average Bonchev–Trinajstić information content (AvgIpc) is 2.66. The molecule has 8 heteroatoms. The number of aryl methyl sites for hydroxylation is 1. The van der Waals surface area contributed by atoms with E-state index >= 15 is 0 Å². The minimum atomic E-state index is -0.595. The SMILES string of the molecule is Cc1nccc(C(=O)N2CCN(C(=O)OC(C)(C)C)C[C@H]2c2ccccc2Cl)n1. The Hall–Kier alpha value is -2.67. The first-order valence-corrected chi connectivity index (χ1v) is 9.86. The molecule has 2 amide bonds. The zero-order valence-electron chi connectivity index (χ0n) is 17.1. The summed E-state index contributed by atoms with van der Waals surface area (Å²) in [6.07, 6.45) is 1.16. The van der Waals surface area contributed by atoms with E-state index in [1.165, 1.54) is 0 Å². The Bertz CT molecular complexity index is 913. The topological polar surface area (TPSA) is 75.6 Å². The van der Waals surface area contributed by atoms with Crippen molar-refractivity contribution in [2.75, 3.05) is 19.6 Å². The number of rotatable bonds is 2. The van der Waals surface area contributed by atoms with Gasteiger partial charge in [-0.15, -0.1) is 0 Å². The van der Waals surface area contributed by atoms with E-state index in [-0.39, 0.29) is 12.5 Å². The number of amides is 2. The molecule has 0 N–H and O–H groups in total. The quantitative estimate of drug-likeness (QED) is 0.742. The summed E-state index contributed by atoms with van der Waals surface area (Å²) in [5, 5.41) is 0.542. The molecule has 2 heterocycles. The van der Waals surface area contributed by atoms with Gasteiger partial charge in [0.1, 0.15) is 17.1 Å². The third kappa shape index (κ3) is 5.03. The maximum absolute atomic E-state index is 13.2. The number of nitrogens with zero attached hydrogens (tertiary/aromatic N) is 4. The van der Waals surface area contributed by atoms with Gasteiger partial charge in [0.15, 0.2) is 0 Å². The van der Waals surface area contributed by atoms with Crippen LogP contribution in [0.1, 0.15) is 48.7 Å². The molecule has 0 radical (unpaired) electrons. The molecule has 1 fully saturated rings. The van der Waals surface area contributed by atoms with Gasteiger partial charge in [-0.1, -0.05) is 29.8 Å². The Balaban J connectivity index is 1.91. The van der Waals surface area contributed by atoms with Crippen molar-refractivity contribution in [3.63, 3.8) is 0 Å². The van der Waals surface area contributed by atoms with Gasteiger partial charge in [0.25, 0.3) is 5.91 Å². The molecule has 1 aliphatic rings. The van der Waals surface area contributed by atoms with Gasteiger partial charge in [0, 0.05) is 30.9 Å². The molecule has 1 saturated heterocycles. The van der Waals surface area contributed by atoms with Crippen LogP contribution in [0.5, 0.6) is 0 Å². The van der Waals surface area contributed by atoms with Gasteiger partial charge >= 0.3 is 6.09 Å². The summed E-state index contributed by atoms with van der Waals surface area (Å²) in [5.74, 6) is 0.307. The Morgan fingerprint density at radius 2 is 1.90 bits per heavy atom. The Morgan fingerprint density at radius 1 is 1.17 bits per heavy atom. The van der Waals surface area contributed by atoms with Crippen LogP contribution < -0.4 is 0 Å². The lowest BCUT2D eigenvalue weighted by atomic mass is 10.0. The zero-order chi connectivity index (χ0) is 21.2. The number of hydrogen-bond acceptors (Lipinski definition) is 5. The molecule has 2 aromatic rings. The summed E-state index contributed by atoms with van der Waals surface area (Å²) in [6, 6.07) is 8.54. The average molecular weight is 417 g/mol. The third-order valence-electron chi connectivity index (χ3n) is 4.55. The number of piperazine rings is 1. The number of carbonyl (C=O) groups is 2. The first-order chi connectivity index (χ1) is 13.7. The summed E-state index contributed by atoms with van der Waals surface area (Å²) >= 11 is 6.43. The minimum Gasteiger partial charge on any atom is -0.444 e. The maximum atomic E-state index is 13.2. The molecule has 1 atom stereocenters. The number of carbonyl (C=O) groups excluding carboxylic acids is 2. The van der Waals surface area contributed by atoms with Gasteiger partial charge < -0.3 is 14.5 Å². The maximum Gasteiger partial charge on any atom is 0.410 e. The van der Waals surface area contributed by atoms with Gasteiger partial charge in [-0.25, -0.2) is 14.8 Å². The molecule has 0 bridgehead atoms.